The highest BCUT2D eigenvalue weighted by atomic mass is 32.1. The summed E-state index contributed by atoms with van der Waals surface area (Å²) in [6.07, 6.45) is 4.95. The van der Waals surface area contributed by atoms with Crippen molar-refractivity contribution in [1.29, 1.82) is 0 Å². The Hall–Kier alpha value is -6.42. The number of hydrogen-bond donors (Lipinski definition) is 2. The van der Waals surface area contributed by atoms with Gasteiger partial charge in [-0.1, -0.05) is 171 Å². The van der Waals surface area contributed by atoms with Crippen LogP contribution in [0.15, 0.2) is 193 Å². The molecule has 7 aromatic carbocycles. The standard InChI is InChI=1S/C52H40N2S/c1-33-30-35(52(34-16-3-2-4-17-34)46-27-12-9-21-39(46)40-22-10-13-28-47(40)52)31-48(54)50(33)42-24-8-7-19-37(42)36-18-5-6-20-38(36)45(32-53)44-26-15-25-43-41-23-11-14-29-49(41)55-51(43)44/h2-29,31-33H,30,53-54H2,1H3/b45-32+. The van der Waals surface area contributed by atoms with E-state index in [0.29, 0.717) is 0 Å². The molecule has 2 aliphatic rings. The van der Waals surface area contributed by atoms with Gasteiger partial charge in [0.05, 0.1) is 5.41 Å². The van der Waals surface area contributed by atoms with E-state index in [1.165, 1.54) is 59.1 Å². The van der Waals surface area contributed by atoms with Crippen LogP contribution in [-0.2, 0) is 5.41 Å². The van der Waals surface area contributed by atoms with Crippen LogP contribution in [-0.4, -0.2) is 0 Å². The van der Waals surface area contributed by atoms with Gasteiger partial charge in [0.15, 0.2) is 0 Å². The molecule has 264 valence electrons. The quantitative estimate of drug-likeness (QED) is 0.179. The maximum atomic E-state index is 7.37. The van der Waals surface area contributed by atoms with E-state index < -0.39 is 5.41 Å². The molecule has 1 atom stereocenters. The van der Waals surface area contributed by atoms with Gasteiger partial charge in [-0.2, -0.15) is 0 Å². The van der Waals surface area contributed by atoms with Crippen LogP contribution in [0.1, 0.15) is 46.7 Å². The third-order valence-electron chi connectivity index (χ3n) is 11.9. The fourth-order valence-electron chi connectivity index (χ4n) is 9.68. The second kappa shape index (κ2) is 13.2. The zero-order valence-electron chi connectivity index (χ0n) is 30.7. The fourth-order valence-corrected chi connectivity index (χ4v) is 10.9. The van der Waals surface area contributed by atoms with Crippen molar-refractivity contribution in [3.63, 3.8) is 0 Å². The van der Waals surface area contributed by atoms with Crippen LogP contribution < -0.4 is 11.5 Å². The van der Waals surface area contributed by atoms with Gasteiger partial charge in [0.25, 0.3) is 0 Å². The highest BCUT2D eigenvalue weighted by Crippen LogP contribution is 2.59. The number of benzene rings is 7. The third-order valence-corrected chi connectivity index (χ3v) is 13.1. The number of fused-ring (bicyclic) bond motifs is 6. The first-order chi connectivity index (χ1) is 27.1. The predicted molar refractivity (Wildman–Crippen MR) is 234 cm³/mol. The molecule has 3 heteroatoms. The lowest BCUT2D eigenvalue weighted by molar-refractivity contribution is 0.621. The van der Waals surface area contributed by atoms with Crippen LogP contribution in [0.25, 0.3) is 53.6 Å². The molecule has 1 heterocycles. The van der Waals surface area contributed by atoms with Crippen molar-refractivity contribution in [1.82, 2.24) is 0 Å². The number of rotatable bonds is 6. The van der Waals surface area contributed by atoms with E-state index in [1.807, 2.05) is 11.3 Å². The van der Waals surface area contributed by atoms with Gasteiger partial charge in [-0.25, -0.2) is 0 Å². The van der Waals surface area contributed by atoms with E-state index in [2.05, 4.69) is 183 Å². The largest absolute Gasteiger partial charge is 0.404 e. The first-order valence-corrected chi connectivity index (χ1v) is 19.9. The van der Waals surface area contributed by atoms with Crippen LogP contribution in [0.5, 0.6) is 0 Å². The summed E-state index contributed by atoms with van der Waals surface area (Å²) in [4.78, 5) is 0. The van der Waals surface area contributed by atoms with E-state index >= 15 is 0 Å². The lowest BCUT2D eigenvalue weighted by Crippen LogP contribution is -2.32. The summed E-state index contributed by atoms with van der Waals surface area (Å²) in [7, 11) is 0. The zero-order chi connectivity index (χ0) is 37.1. The van der Waals surface area contributed by atoms with Crippen molar-refractivity contribution in [2.75, 3.05) is 0 Å². The summed E-state index contributed by atoms with van der Waals surface area (Å²) in [5.74, 6) is 0.158. The van der Waals surface area contributed by atoms with Gasteiger partial charge >= 0.3 is 0 Å². The summed E-state index contributed by atoms with van der Waals surface area (Å²) < 4.78 is 2.52. The molecule has 4 N–H and O–H groups in total. The number of allylic oxidation sites excluding steroid dienone is 3. The molecule has 1 unspecified atom stereocenters. The molecular weight excluding hydrogens is 685 g/mol. The Labute approximate surface area is 326 Å². The van der Waals surface area contributed by atoms with Crippen molar-refractivity contribution in [3.8, 4) is 22.3 Å². The molecule has 0 bridgehead atoms. The van der Waals surface area contributed by atoms with Gasteiger partial charge < -0.3 is 11.5 Å². The Balaban J connectivity index is 1.15. The summed E-state index contributed by atoms with van der Waals surface area (Å²) in [6, 6.07) is 61.5. The number of nitrogens with two attached hydrogens (primary N) is 2. The molecule has 0 amide bonds. The Morgan fingerprint density at radius 3 is 1.85 bits per heavy atom. The molecule has 1 aromatic heterocycles. The lowest BCUT2D eigenvalue weighted by atomic mass is 9.63. The van der Waals surface area contributed by atoms with Crippen molar-refractivity contribution < 1.29 is 0 Å². The first kappa shape index (κ1) is 33.2. The predicted octanol–water partition coefficient (Wildman–Crippen LogP) is 12.7. The van der Waals surface area contributed by atoms with Gasteiger partial charge in [-0.05, 0) is 85.7 Å². The molecule has 0 radical (unpaired) electrons. The van der Waals surface area contributed by atoms with E-state index in [1.54, 1.807) is 6.20 Å². The number of thiophene rings is 1. The molecule has 0 saturated carbocycles. The summed E-state index contributed by atoms with van der Waals surface area (Å²) in [5.41, 5.74) is 30.1. The van der Waals surface area contributed by atoms with E-state index in [0.717, 1.165) is 45.5 Å². The van der Waals surface area contributed by atoms with Crippen LogP contribution >= 0.6 is 11.3 Å². The minimum absolute atomic E-state index is 0.158. The molecule has 10 rings (SSSR count). The molecule has 2 nitrogen and oxygen atoms in total. The lowest BCUT2D eigenvalue weighted by Gasteiger charge is -2.39. The molecule has 2 aliphatic carbocycles. The molecular formula is C52H40N2S. The van der Waals surface area contributed by atoms with E-state index in [-0.39, 0.29) is 5.92 Å². The van der Waals surface area contributed by atoms with Crippen LogP contribution in [0.2, 0.25) is 0 Å². The Morgan fingerprint density at radius 2 is 1.15 bits per heavy atom. The zero-order valence-corrected chi connectivity index (χ0v) is 31.5. The second-order valence-corrected chi connectivity index (χ2v) is 15.9. The summed E-state index contributed by atoms with van der Waals surface area (Å²) in [5, 5.41) is 2.53. The maximum Gasteiger partial charge on any atom is 0.0677 e. The van der Waals surface area contributed by atoms with Crippen LogP contribution in [0.4, 0.5) is 0 Å². The van der Waals surface area contributed by atoms with E-state index in [4.69, 9.17) is 11.5 Å². The van der Waals surface area contributed by atoms with Crippen LogP contribution in [0.3, 0.4) is 0 Å². The normalized spacial score (nSPS) is 16.3. The third kappa shape index (κ3) is 5.00. The van der Waals surface area contributed by atoms with Crippen molar-refractivity contribution in [2.45, 2.75) is 18.8 Å². The molecule has 0 saturated heterocycles. The average Bonchev–Trinajstić information content (AvgIpc) is 3.76. The van der Waals surface area contributed by atoms with Gasteiger partial charge in [0.1, 0.15) is 0 Å². The van der Waals surface area contributed by atoms with Crippen molar-refractivity contribution in [2.24, 2.45) is 17.4 Å². The average molecular weight is 725 g/mol. The second-order valence-electron chi connectivity index (χ2n) is 14.8. The monoisotopic (exact) mass is 724 g/mol. The first-order valence-electron chi connectivity index (χ1n) is 19.1. The summed E-state index contributed by atoms with van der Waals surface area (Å²) >= 11 is 1.83. The smallest absolute Gasteiger partial charge is 0.0677 e. The minimum Gasteiger partial charge on any atom is -0.404 e. The van der Waals surface area contributed by atoms with Gasteiger partial charge in [-0.3, -0.25) is 0 Å². The highest BCUT2D eigenvalue weighted by Gasteiger charge is 2.48. The topological polar surface area (TPSA) is 52.0 Å². The maximum absolute atomic E-state index is 7.37. The van der Waals surface area contributed by atoms with Crippen molar-refractivity contribution in [3.05, 3.63) is 227 Å². The Kier molecular flexibility index (Phi) is 7.94. The SMILES string of the molecule is CC1CC(C2(c3ccccc3)c3ccccc3-c3ccccc32)=CC(N)=C1c1ccccc1-c1ccccc1/C(=C\N)c1cccc2c1sc1ccccc12. The highest BCUT2D eigenvalue weighted by molar-refractivity contribution is 7.26. The summed E-state index contributed by atoms with van der Waals surface area (Å²) in [6.45, 7) is 2.34. The van der Waals surface area contributed by atoms with Crippen LogP contribution in [0, 0.1) is 5.92 Å². The molecule has 0 fully saturated rings. The Bertz CT molecular complexity index is 2840. The van der Waals surface area contributed by atoms with Gasteiger partial charge in [0, 0.05) is 43.2 Å². The number of hydrogen-bond acceptors (Lipinski definition) is 3. The van der Waals surface area contributed by atoms with Gasteiger partial charge in [0.2, 0.25) is 0 Å². The Morgan fingerprint density at radius 1 is 0.582 bits per heavy atom. The molecule has 55 heavy (non-hydrogen) atoms. The van der Waals surface area contributed by atoms with E-state index in [9.17, 15) is 0 Å². The minimum atomic E-state index is -0.445. The fraction of sp³-hybridized carbons (Fsp3) is 0.0769. The molecule has 8 aromatic rings. The van der Waals surface area contributed by atoms with Crippen molar-refractivity contribution >= 4 is 42.7 Å². The van der Waals surface area contributed by atoms with Gasteiger partial charge in [-0.15, -0.1) is 11.3 Å². The molecule has 0 aliphatic heterocycles. The molecule has 0 spiro atoms.